The lowest BCUT2D eigenvalue weighted by Gasteiger charge is -2.45. The van der Waals surface area contributed by atoms with Gasteiger partial charge in [-0.25, -0.2) is 0 Å². The van der Waals surface area contributed by atoms with Gasteiger partial charge in [0.2, 0.25) is 0 Å². The molecule has 0 saturated carbocycles. The number of hydrogen-bond donors (Lipinski definition) is 1. The molecule has 0 amide bonds. The van der Waals surface area contributed by atoms with Crippen molar-refractivity contribution in [3.05, 3.63) is 60.7 Å². The Morgan fingerprint density at radius 3 is 1.54 bits per heavy atom. The molecule has 0 aromatic heterocycles. The van der Waals surface area contributed by atoms with Crippen molar-refractivity contribution in [2.75, 3.05) is 6.61 Å². The second kappa shape index (κ2) is 18.9. The average molecular weight is 545 g/mol. The van der Waals surface area contributed by atoms with Gasteiger partial charge in [0.05, 0.1) is 0 Å². The van der Waals surface area contributed by atoms with E-state index >= 15 is 0 Å². The minimum atomic E-state index is -2.51. The predicted octanol–water partition coefficient (Wildman–Crippen LogP) is 8.02. The smallest absolute Gasteiger partial charge is 0.261 e. The monoisotopic (exact) mass is 544 g/mol. The molecule has 2 nitrogen and oxygen atoms in total. The number of unbranched alkanes of at least 4 members (excludes halogenated alkanes) is 8. The predicted molar refractivity (Wildman–Crippen MR) is 171 cm³/mol. The van der Waals surface area contributed by atoms with Gasteiger partial charge >= 0.3 is 0 Å². The summed E-state index contributed by atoms with van der Waals surface area (Å²) < 4.78 is 7.30. The molecule has 0 spiro atoms. The van der Waals surface area contributed by atoms with Gasteiger partial charge in [0.1, 0.15) is 0 Å². The van der Waals surface area contributed by atoms with Crippen molar-refractivity contribution in [3.63, 3.8) is 0 Å². The number of aliphatic hydroxyl groups is 1. The molecule has 0 heterocycles. The van der Waals surface area contributed by atoms with Crippen LogP contribution in [0.15, 0.2) is 60.7 Å². The van der Waals surface area contributed by atoms with Crippen LogP contribution in [0.4, 0.5) is 0 Å². The summed E-state index contributed by atoms with van der Waals surface area (Å²) >= 11 is 0. The van der Waals surface area contributed by atoms with Crippen LogP contribution in [-0.4, -0.2) is 26.1 Å². The summed E-state index contributed by atoms with van der Waals surface area (Å²) in [4.78, 5) is 0. The van der Waals surface area contributed by atoms with Crippen LogP contribution < -0.4 is 10.4 Å². The molecule has 212 valence electrons. The van der Waals surface area contributed by atoms with Gasteiger partial charge in [-0.2, -0.15) is 0 Å². The molecule has 1 atom stereocenters. The lowest BCUT2D eigenvalue weighted by atomic mass is 10.1. The number of aliphatic hydroxyl groups excluding tert-OH is 1. The molecule has 3 heteroatoms. The van der Waals surface area contributed by atoms with E-state index in [4.69, 9.17) is 9.53 Å². The summed E-state index contributed by atoms with van der Waals surface area (Å²) in [5.74, 6) is 13.3. The largest absolute Gasteiger partial charge is 0.404 e. The SMILES string of the molecule is CCC(CCC#CCCCCCCCC#CCCCCO)O[Si](c1ccccc1)(c1ccccc1)C(C)(C)C. The summed E-state index contributed by atoms with van der Waals surface area (Å²) in [6.07, 6.45) is 14.1. The maximum atomic E-state index is 8.78. The Hall–Kier alpha value is -2.30. The van der Waals surface area contributed by atoms with Crippen LogP contribution in [-0.2, 0) is 4.43 Å². The standard InChI is InChI=1S/C36H52O2Si/c1-5-33(27-21-17-15-13-11-9-7-6-8-10-12-14-16-18-26-32-37)38-39(36(2,3)4,34-28-22-19-23-29-34)35-30-24-20-25-31-35/h19-20,22-25,28-31,33,37H,5-11,13,16,18,21,26-27,32H2,1-4H3. The molecule has 0 aliphatic heterocycles. The van der Waals surface area contributed by atoms with Crippen molar-refractivity contribution in [2.24, 2.45) is 0 Å². The maximum Gasteiger partial charge on any atom is 0.261 e. The molecule has 2 rings (SSSR count). The molecular formula is C36H52O2Si. The number of hydrogen-bond acceptors (Lipinski definition) is 2. The highest BCUT2D eigenvalue weighted by molar-refractivity contribution is 6.99. The maximum absolute atomic E-state index is 8.78. The number of benzene rings is 2. The van der Waals surface area contributed by atoms with Crippen LogP contribution in [0.3, 0.4) is 0 Å². The lowest BCUT2D eigenvalue weighted by molar-refractivity contribution is 0.175. The van der Waals surface area contributed by atoms with Crippen LogP contribution in [0.1, 0.15) is 111 Å². The molecular weight excluding hydrogens is 492 g/mol. The van der Waals surface area contributed by atoms with Crippen LogP contribution in [0.2, 0.25) is 5.04 Å². The fraction of sp³-hybridized carbons (Fsp3) is 0.556. The van der Waals surface area contributed by atoms with Gasteiger partial charge in [0.15, 0.2) is 0 Å². The first-order chi connectivity index (χ1) is 19.0. The molecule has 1 N–H and O–H groups in total. The van der Waals surface area contributed by atoms with Gasteiger partial charge in [0, 0.05) is 38.4 Å². The highest BCUT2D eigenvalue weighted by Gasteiger charge is 2.51. The molecule has 0 bridgehead atoms. The van der Waals surface area contributed by atoms with Crippen molar-refractivity contribution in [3.8, 4) is 23.7 Å². The quantitative estimate of drug-likeness (QED) is 0.132. The lowest BCUT2D eigenvalue weighted by Crippen LogP contribution is -2.67. The summed E-state index contributed by atoms with van der Waals surface area (Å²) in [6, 6.07) is 21.9. The summed E-state index contributed by atoms with van der Waals surface area (Å²) in [5, 5.41) is 11.5. The molecule has 2 aromatic carbocycles. The van der Waals surface area contributed by atoms with Crippen LogP contribution in [0.5, 0.6) is 0 Å². The van der Waals surface area contributed by atoms with E-state index in [0.29, 0.717) is 0 Å². The molecule has 1 unspecified atom stereocenters. The van der Waals surface area contributed by atoms with E-state index in [9.17, 15) is 0 Å². The average Bonchev–Trinajstić information content (AvgIpc) is 2.94. The minimum absolute atomic E-state index is 0.00167. The van der Waals surface area contributed by atoms with Crippen molar-refractivity contribution < 1.29 is 9.53 Å². The molecule has 0 fully saturated rings. The summed E-state index contributed by atoms with van der Waals surface area (Å²) in [6.45, 7) is 9.57. The van der Waals surface area contributed by atoms with E-state index in [1.54, 1.807) is 0 Å². The van der Waals surface area contributed by atoms with Gasteiger partial charge in [-0.15, -0.1) is 23.7 Å². The van der Waals surface area contributed by atoms with Gasteiger partial charge in [-0.05, 0) is 53.9 Å². The topological polar surface area (TPSA) is 29.5 Å². The van der Waals surface area contributed by atoms with Gasteiger partial charge in [-0.1, -0.05) is 108 Å². The third-order valence-corrected chi connectivity index (χ3v) is 12.5. The zero-order chi connectivity index (χ0) is 28.2. The van der Waals surface area contributed by atoms with Gasteiger partial charge in [-0.3, -0.25) is 0 Å². The van der Waals surface area contributed by atoms with E-state index in [0.717, 1.165) is 51.4 Å². The van der Waals surface area contributed by atoms with Crippen LogP contribution in [0.25, 0.3) is 0 Å². The van der Waals surface area contributed by atoms with E-state index < -0.39 is 8.32 Å². The van der Waals surface area contributed by atoms with Crippen molar-refractivity contribution in [1.82, 2.24) is 0 Å². The zero-order valence-electron chi connectivity index (χ0n) is 25.1. The van der Waals surface area contributed by atoms with E-state index in [1.807, 2.05) is 0 Å². The Morgan fingerprint density at radius 2 is 1.10 bits per heavy atom. The van der Waals surface area contributed by atoms with Crippen LogP contribution >= 0.6 is 0 Å². The van der Waals surface area contributed by atoms with Crippen LogP contribution in [0, 0.1) is 23.7 Å². The Kier molecular flexibility index (Phi) is 15.9. The van der Waals surface area contributed by atoms with Gasteiger partial charge < -0.3 is 9.53 Å². The Labute approximate surface area is 241 Å². The van der Waals surface area contributed by atoms with Crippen molar-refractivity contribution >= 4 is 18.7 Å². The fourth-order valence-electron chi connectivity index (χ4n) is 5.16. The molecule has 39 heavy (non-hydrogen) atoms. The Bertz CT molecular complexity index is 979. The van der Waals surface area contributed by atoms with Gasteiger partial charge in [0.25, 0.3) is 8.32 Å². The fourth-order valence-corrected chi connectivity index (χ4v) is 9.96. The zero-order valence-corrected chi connectivity index (χ0v) is 26.1. The third-order valence-electron chi connectivity index (χ3n) is 7.37. The first-order valence-corrected chi connectivity index (χ1v) is 17.2. The third kappa shape index (κ3) is 11.4. The molecule has 0 radical (unpaired) electrons. The van der Waals surface area contributed by atoms with E-state index in [1.165, 1.54) is 42.5 Å². The normalized spacial score (nSPS) is 12.2. The van der Waals surface area contributed by atoms with Crippen molar-refractivity contribution in [2.45, 2.75) is 122 Å². The second-order valence-electron chi connectivity index (χ2n) is 11.5. The Balaban J connectivity index is 1.83. The first kappa shape index (κ1) is 32.9. The first-order valence-electron chi connectivity index (χ1n) is 15.3. The Morgan fingerprint density at radius 1 is 0.667 bits per heavy atom. The summed E-state index contributed by atoms with van der Waals surface area (Å²) in [5.41, 5.74) is 0. The molecule has 0 aliphatic rings. The van der Waals surface area contributed by atoms with Crippen molar-refractivity contribution in [1.29, 1.82) is 0 Å². The highest BCUT2D eigenvalue weighted by atomic mass is 28.4. The van der Waals surface area contributed by atoms with E-state index in [-0.39, 0.29) is 17.7 Å². The highest BCUT2D eigenvalue weighted by Crippen LogP contribution is 2.38. The minimum Gasteiger partial charge on any atom is -0.404 e. The molecule has 2 aromatic rings. The summed E-state index contributed by atoms with van der Waals surface area (Å²) in [7, 11) is -2.51. The number of rotatable bonds is 16. The second-order valence-corrected chi connectivity index (χ2v) is 15.8. The molecule has 0 saturated heterocycles. The molecule has 0 aliphatic carbocycles. The van der Waals surface area contributed by atoms with E-state index in [2.05, 4.69) is 112 Å².